The maximum atomic E-state index is 10.9. The summed E-state index contributed by atoms with van der Waals surface area (Å²) < 4.78 is 0. The number of hydrogen-bond acceptors (Lipinski definition) is 8. The average molecular weight is 305 g/mol. The first-order valence-electron chi connectivity index (χ1n) is 5.43. The largest absolute Gasteiger partial charge is 0.383 e. The Hall–Kier alpha value is -2.26. The molecule has 0 spiro atoms. The molecular weight excluding hydrogens is 298 g/mol. The van der Waals surface area contributed by atoms with E-state index in [4.69, 9.17) is 5.73 Å². The number of nitrogens with zero attached hydrogens (tertiary/aromatic N) is 4. The van der Waals surface area contributed by atoms with E-state index in [9.17, 15) is 10.1 Å². The molecule has 0 fully saturated rings. The molecule has 3 aromatic rings. The number of fused-ring (bicyclic) bond motifs is 1. The Morgan fingerprint density at radius 1 is 1.35 bits per heavy atom. The normalized spacial score (nSPS) is 10.8. The van der Waals surface area contributed by atoms with Crippen molar-refractivity contribution < 1.29 is 4.92 Å². The van der Waals surface area contributed by atoms with Crippen molar-refractivity contribution in [3.63, 3.8) is 0 Å². The van der Waals surface area contributed by atoms with E-state index in [0.29, 0.717) is 11.0 Å². The van der Waals surface area contributed by atoms with Crippen molar-refractivity contribution in [3.05, 3.63) is 39.9 Å². The Morgan fingerprint density at radius 3 is 3.00 bits per heavy atom. The van der Waals surface area contributed by atoms with Crippen molar-refractivity contribution in [2.24, 2.45) is 0 Å². The van der Waals surface area contributed by atoms with Crippen LogP contribution in [0.1, 0.15) is 0 Å². The third kappa shape index (κ3) is 2.28. The lowest BCUT2D eigenvalue weighted by Gasteiger charge is -2.02. The first-order chi connectivity index (χ1) is 9.65. The third-order valence-corrected chi connectivity index (χ3v) is 4.15. The molecule has 100 valence electrons. The smallest absolute Gasteiger partial charge is 0.301 e. The van der Waals surface area contributed by atoms with Gasteiger partial charge in [-0.2, -0.15) is 0 Å². The maximum Gasteiger partial charge on any atom is 0.301 e. The fourth-order valence-electron chi connectivity index (χ4n) is 1.59. The van der Waals surface area contributed by atoms with Crippen LogP contribution < -0.4 is 5.73 Å². The molecule has 3 rings (SSSR count). The average Bonchev–Trinajstić information content (AvgIpc) is 2.88. The molecular formula is C11H7N5O2S2. The van der Waals surface area contributed by atoms with Gasteiger partial charge in [0, 0.05) is 12.3 Å². The molecule has 3 heterocycles. The monoisotopic (exact) mass is 305 g/mol. The molecule has 3 aromatic heterocycles. The van der Waals surface area contributed by atoms with Crippen LogP contribution in [0.15, 0.2) is 40.0 Å². The van der Waals surface area contributed by atoms with E-state index in [1.165, 1.54) is 29.7 Å². The molecule has 0 aliphatic carbocycles. The quantitative estimate of drug-likeness (QED) is 0.450. The van der Waals surface area contributed by atoms with Crippen molar-refractivity contribution in [1.82, 2.24) is 15.0 Å². The molecule has 0 saturated heterocycles. The first kappa shape index (κ1) is 12.8. The predicted octanol–water partition coefficient (Wildman–Crippen LogP) is 2.73. The van der Waals surface area contributed by atoms with Gasteiger partial charge in [0.1, 0.15) is 10.6 Å². The lowest BCUT2D eigenvalue weighted by molar-refractivity contribution is -0.388. The van der Waals surface area contributed by atoms with Gasteiger partial charge in [0.25, 0.3) is 0 Å². The molecule has 0 saturated carbocycles. The van der Waals surface area contributed by atoms with Crippen LogP contribution >= 0.6 is 23.1 Å². The van der Waals surface area contributed by atoms with Crippen molar-refractivity contribution in [1.29, 1.82) is 0 Å². The minimum atomic E-state index is -0.484. The molecule has 7 nitrogen and oxygen atoms in total. The van der Waals surface area contributed by atoms with Crippen LogP contribution in [0.5, 0.6) is 0 Å². The van der Waals surface area contributed by atoms with Gasteiger partial charge >= 0.3 is 5.69 Å². The highest BCUT2D eigenvalue weighted by atomic mass is 32.2. The van der Waals surface area contributed by atoms with E-state index in [2.05, 4.69) is 15.0 Å². The summed E-state index contributed by atoms with van der Waals surface area (Å²) in [6.45, 7) is 0. The highest BCUT2D eigenvalue weighted by molar-refractivity contribution is 7.99. The van der Waals surface area contributed by atoms with Gasteiger partial charge in [-0.05, 0) is 29.3 Å². The zero-order valence-corrected chi connectivity index (χ0v) is 11.5. The number of pyridine rings is 1. The van der Waals surface area contributed by atoms with E-state index in [0.717, 1.165) is 22.0 Å². The molecule has 2 N–H and O–H groups in total. The second kappa shape index (κ2) is 5.02. The zero-order valence-electron chi connectivity index (χ0n) is 9.89. The van der Waals surface area contributed by atoms with Crippen LogP contribution in [0, 0.1) is 10.1 Å². The van der Waals surface area contributed by atoms with Crippen LogP contribution in [0.25, 0.3) is 10.2 Å². The van der Waals surface area contributed by atoms with Crippen molar-refractivity contribution >= 4 is 44.8 Å². The molecule has 0 aromatic carbocycles. The lowest BCUT2D eigenvalue weighted by Crippen LogP contribution is -1.97. The predicted molar refractivity (Wildman–Crippen MR) is 76.8 cm³/mol. The van der Waals surface area contributed by atoms with Gasteiger partial charge in [0.2, 0.25) is 0 Å². The second-order valence-corrected chi connectivity index (χ2v) is 5.57. The number of hydrogen-bond donors (Lipinski definition) is 1. The Bertz CT molecular complexity index is 804. The van der Waals surface area contributed by atoms with Gasteiger partial charge < -0.3 is 5.73 Å². The van der Waals surface area contributed by atoms with Gasteiger partial charge in [-0.3, -0.25) is 10.1 Å². The van der Waals surface area contributed by atoms with Crippen LogP contribution in [0.2, 0.25) is 0 Å². The molecule has 0 bridgehead atoms. The van der Waals surface area contributed by atoms with E-state index in [1.54, 1.807) is 0 Å². The van der Waals surface area contributed by atoms with E-state index < -0.39 is 4.92 Å². The minimum Gasteiger partial charge on any atom is -0.383 e. The number of nitrogen functional groups attached to an aromatic ring is 1. The standard InChI is InChI=1S/C11H7N5O2S2/c12-8-6-3-5-19-9(6)15-11(14-8)20-10-7(16(17)18)2-1-4-13-10/h1-5H,(H2,12,14,15). The van der Waals surface area contributed by atoms with Gasteiger partial charge in [0.05, 0.1) is 10.3 Å². The van der Waals surface area contributed by atoms with Crippen molar-refractivity contribution in [2.45, 2.75) is 10.2 Å². The van der Waals surface area contributed by atoms with Gasteiger partial charge in [0.15, 0.2) is 10.2 Å². The Morgan fingerprint density at radius 2 is 2.20 bits per heavy atom. The second-order valence-electron chi connectivity index (χ2n) is 3.72. The molecule has 0 amide bonds. The van der Waals surface area contributed by atoms with E-state index in [-0.39, 0.29) is 10.7 Å². The highest BCUT2D eigenvalue weighted by Gasteiger charge is 2.17. The van der Waals surface area contributed by atoms with Crippen LogP contribution in [0.3, 0.4) is 0 Å². The number of nitrogens with two attached hydrogens (primary N) is 1. The highest BCUT2D eigenvalue weighted by Crippen LogP contribution is 2.33. The summed E-state index contributed by atoms with van der Waals surface area (Å²) >= 11 is 2.46. The lowest BCUT2D eigenvalue weighted by atomic mass is 10.4. The molecule has 0 unspecified atom stereocenters. The fraction of sp³-hybridized carbons (Fsp3) is 0. The van der Waals surface area contributed by atoms with Gasteiger partial charge in [-0.15, -0.1) is 11.3 Å². The number of anilines is 1. The topological polar surface area (TPSA) is 108 Å². The van der Waals surface area contributed by atoms with Crippen LogP contribution in [-0.4, -0.2) is 19.9 Å². The summed E-state index contributed by atoms with van der Waals surface area (Å²) in [6.07, 6.45) is 1.49. The molecule has 0 radical (unpaired) electrons. The fourth-order valence-corrected chi connectivity index (χ4v) is 3.23. The Kier molecular flexibility index (Phi) is 3.20. The summed E-state index contributed by atoms with van der Waals surface area (Å²) in [7, 11) is 0. The van der Waals surface area contributed by atoms with Crippen molar-refractivity contribution in [3.8, 4) is 0 Å². The SMILES string of the molecule is Nc1nc(Sc2ncccc2[N+](=O)[O-])nc2sccc12. The molecule has 0 aliphatic rings. The van der Waals surface area contributed by atoms with E-state index in [1.807, 2.05) is 11.4 Å². The van der Waals surface area contributed by atoms with Crippen LogP contribution in [0.4, 0.5) is 11.5 Å². The van der Waals surface area contributed by atoms with Crippen molar-refractivity contribution in [2.75, 3.05) is 5.73 Å². The number of rotatable bonds is 3. The summed E-state index contributed by atoms with van der Waals surface area (Å²) in [5.41, 5.74) is 5.76. The molecule has 9 heteroatoms. The zero-order chi connectivity index (χ0) is 14.1. The van der Waals surface area contributed by atoms with Gasteiger partial charge in [-0.25, -0.2) is 15.0 Å². The summed E-state index contributed by atoms with van der Waals surface area (Å²) in [6, 6.07) is 4.75. The molecule has 20 heavy (non-hydrogen) atoms. The third-order valence-electron chi connectivity index (χ3n) is 2.47. The number of nitro groups is 1. The first-order valence-corrected chi connectivity index (χ1v) is 7.13. The Labute approximate surface area is 121 Å². The Balaban J connectivity index is 2.03. The molecule has 0 atom stereocenters. The number of thiophene rings is 1. The number of aromatic nitrogens is 3. The minimum absolute atomic E-state index is 0.0778. The maximum absolute atomic E-state index is 10.9. The van der Waals surface area contributed by atoms with E-state index >= 15 is 0 Å². The van der Waals surface area contributed by atoms with Gasteiger partial charge in [-0.1, -0.05) is 0 Å². The van der Waals surface area contributed by atoms with Crippen LogP contribution in [-0.2, 0) is 0 Å². The summed E-state index contributed by atoms with van der Waals surface area (Å²) in [5.74, 6) is 0.359. The summed E-state index contributed by atoms with van der Waals surface area (Å²) in [4.78, 5) is 23.7. The summed E-state index contributed by atoms with van der Waals surface area (Å²) in [5, 5.41) is 14.2. The molecule has 0 aliphatic heterocycles.